The fourth-order valence-electron chi connectivity index (χ4n) is 1.67. The Labute approximate surface area is 103 Å². The van der Waals surface area contributed by atoms with Crippen molar-refractivity contribution in [2.75, 3.05) is 7.11 Å². The Bertz CT molecular complexity index is 413. The quantitative estimate of drug-likeness (QED) is 0.871. The van der Waals surface area contributed by atoms with Gasteiger partial charge in [-0.1, -0.05) is 6.92 Å². The number of carbonyl (C=O) groups is 1. The second-order valence-electron chi connectivity index (χ2n) is 4.35. The van der Waals surface area contributed by atoms with Crippen LogP contribution >= 0.6 is 0 Å². The van der Waals surface area contributed by atoms with E-state index in [4.69, 9.17) is 4.74 Å². The number of ether oxygens (including phenoxy) is 1. The molecule has 0 heterocycles. The van der Waals surface area contributed by atoms with Gasteiger partial charge >= 0.3 is 0 Å². The summed E-state index contributed by atoms with van der Waals surface area (Å²) in [6.45, 7) is 7.97. The molecule has 0 saturated carbocycles. The molecular weight excluding hydrogens is 214 g/mol. The fraction of sp³-hybridized carbons (Fsp3) is 0.500. The van der Waals surface area contributed by atoms with Crippen LogP contribution in [0.25, 0.3) is 0 Å². The molecule has 1 amide bonds. The third-order valence-electron chi connectivity index (χ3n) is 3.19. The maximum absolute atomic E-state index is 12.0. The fourth-order valence-corrected chi connectivity index (χ4v) is 1.67. The van der Waals surface area contributed by atoms with E-state index in [0.717, 1.165) is 28.9 Å². The summed E-state index contributed by atoms with van der Waals surface area (Å²) >= 11 is 0. The van der Waals surface area contributed by atoms with Crippen LogP contribution in [-0.2, 0) is 0 Å². The van der Waals surface area contributed by atoms with E-state index in [-0.39, 0.29) is 11.9 Å². The van der Waals surface area contributed by atoms with Crippen LogP contribution < -0.4 is 10.1 Å². The molecule has 1 atom stereocenters. The molecule has 1 aromatic carbocycles. The van der Waals surface area contributed by atoms with Gasteiger partial charge in [-0.25, -0.2) is 0 Å². The van der Waals surface area contributed by atoms with Gasteiger partial charge in [0.05, 0.1) is 7.11 Å². The lowest BCUT2D eigenvalue weighted by atomic mass is 10.0. The van der Waals surface area contributed by atoms with Crippen molar-refractivity contribution in [1.29, 1.82) is 0 Å². The number of carbonyl (C=O) groups excluding carboxylic acids is 1. The number of methoxy groups -OCH3 is 1. The van der Waals surface area contributed by atoms with Crippen LogP contribution in [0.2, 0.25) is 0 Å². The minimum Gasteiger partial charge on any atom is -0.496 e. The van der Waals surface area contributed by atoms with Gasteiger partial charge in [0.1, 0.15) is 5.75 Å². The molecule has 1 rings (SSSR count). The van der Waals surface area contributed by atoms with Crippen LogP contribution in [0.15, 0.2) is 12.1 Å². The molecular formula is C14H21NO2. The number of hydrogen-bond acceptors (Lipinski definition) is 2. The monoisotopic (exact) mass is 235 g/mol. The van der Waals surface area contributed by atoms with E-state index in [2.05, 4.69) is 12.2 Å². The first-order valence-electron chi connectivity index (χ1n) is 5.96. The second kappa shape index (κ2) is 5.71. The van der Waals surface area contributed by atoms with E-state index in [9.17, 15) is 4.79 Å². The smallest absolute Gasteiger partial charge is 0.251 e. The van der Waals surface area contributed by atoms with Gasteiger partial charge in [-0.2, -0.15) is 0 Å². The molecule has 0 aliphatic carbocycles. The minimum atomic E-state index is -0.0115. The van der Waals surface area contributed by atoms with E-state index in [1.165, 1.54) is 0 Å². The lowest BCUT2D eigenvalue weighted by Gasteiger charge is -2.15. The summed E-state index contributed by atoms with van der Waals surface area (Å²) < 4.78 is 5.23. The van der Waals surface area contributed by atoms with Gasteiger partial charge in [0, 0.05) is 11.6 Å². The van der Waals surface area contributed by atoms with E-state index in [0.29, 0.717) is 0 Å². The van der Waals surface area contributed by atoms with Crippen LogP contribution in [0.4, 0.5) is 0 Å². The van der Waals surface area contributed by atoms with Crippen molar-refractivity contribution in [1.82, 2.24) is 5.32 Å². The molecule has 1 N–H and O–H groups in total. The van der Waals surface area contributed by atoms with Crippen molar-refractivity contribution in [3.05, 3.63) is 28.8 Å². The molecule has 0 aromatic heterocycles. The molecule has 94 valence electrons. The van der Waals surface area contributed by atoms with Crippen LogP contribution in [0.5, 0.6) is 5.75 Å². The van der Waals surface area contributed by atoms with E-state index in [1.54, 1.807) is 7.11 Å². The first kappa shape index (κ1) is 13.6. The number of amides is 1. The third-order valence-corrected chi connectivity index (χ3v) is 3.19. The predicted octanol–water partition coefficient (Wildman–Crippen LogP) is 2.84. The van der Waals surface area contributed by atoms with Gasteiger partial charge in [0.2, 0.25) is 0 Å². The van der Waals surface area contributed by atoms with Gasteiger partial charge in [-0.3, -0.25) is 4.79 Å². The van der Waals surface area contributed by atoms with E-state index < -0.39 is 0 Å². The molecule has 0 fully saturated rings. The number of benzene rings is 1. The van der Waals surface area contributed by atoms with E-state index in [1.807, 2.05) is 32.9 Å². The van der Waals surface area contributed by atoms with Crippen molar-refractivity contribution in [2.24, 2.45) is 0 Å². The van der Waals surface area contributed by atoms with Crippen molar-refractivity contribution < 1.29 is 9.53 Å². The van der Waals surface area contributed by atoms with Crippen LogP contribution in [0, 0.1) is 13.8 Å². The summed E-state index contributed by atoms with van der Waals surface area (Å²) in [7, 11) is 1.64. The first-order chi connectivity index (χ1) is 8.01. The molecule has 0 spiro atoms. The highest BCUT2D eigenvalue weighted by Gasteiger charge is 2.14. The Kier molecular flexibility index (Phi) is 4.55. The molecule has 0 bridgehead atoms. The molecule has 0 aliphatic rings. The van der Waals surface area contributed by atoms with Crippen molar-refractivity contribution in [2.45, 2.75) is 40.2 Å². The normalized spacial score (nSPS) is 12.1. The summed E-state index contributed by atoms with van der Waals surface area (Å²) in [6.07, 6.45) is 0.930. The van der Waals surface area contributed by atoms with Crippen LogP contribution in [0.1, 0.15) is 41.8 Å². The molecule has 0 aliphatic heterocycles. The van der Waals surface area contributed by atoms with Crippen molar-refractivity contribution >= 4 is 5.91 Å². The summed E-state index contributed by atoms with van der Waals surface area (Å²) in [6, 6.07) is 3.86. The molecule has 0 radical (unpaired) electrons. The van der Waals surface area contributed by atoms with Gasteiger partial charge in [-0.15, -0.1) is 0 Å². The average molecular weight is 235 g/mol. The highest BCUT2D eigenvalue weighted by molar-refractivity contribution is 5.96. The highest BCUT2D eigenvalue weighted by Crippen LogP contribution is 2.23. The molecule has 17 heavy (non-hydrogen) atoms. The number of hydrogen-bond donors (Lipinski definition) is 1. The molecule has 0 saturated heterocycles. The largest absolute Gasteiger partial charge is 0.496 e. The number of nitrogens with one attached hydrogen (secondary N) is 1. The average Bonchev–Trinajstić information content (AvgIpc) is 2.32. The van der Waals surface area contributed by atoms with Gasteiger partial charge in [0.15, 0.2) is 0 Å². The maximum atomic E-state index is 12.0. The second-order valence-corrected chi connectivity index (χ2v) is 4.35. The minimum absolute atomic E-state index is 0.0115. The summed E-state index contributed by atoms with van der Waals surface area (Å²) in [5, 5.41) is 2.97. The Morgan fingerprint density at radius 3 is 2.53 bits per heavy atom. The Hall–Kier alpha value is -1.51. The lowest BCUT2D eigenvalue weighted by molar-refractivity contribution is 0.0938. The SMILES string of the molecule is CCC(C)NC(=O)c1ccc(OC)c(C)c1C. The number of rotatable bonds is 4. The lowest BCUT2D eigenvalue weighted by Crippen LogP contribution is -2.32. The Morgan fingerprint density at radius 1 is 1.35 bits per heavy atom. The van der Waals surface area contributed by atoms with Crippen LogP contribution in [-0.4, -0.2) is 19.1 Å². The standard InChI is InChI=1S/C14H21NO2/c1-6-9(2)15-14(16)12-7-8-13(17-5)11(4)10(12)3/h7-9H,6H2,1-5H3,(H,15,16). The summed E-state index contributed by atoms with van der Waals surface area (Å²) in [5.74, 6) is 0.810. The Morgan fingerprint density at radius 2 is 2.00 bits per heavy atom. The van der Waals surface area contributed by atoms with Crippen molar-refractivity contribution in [3.63, 3.8) is 0 Å². The third kappa shape index (κ3) is 2.99. The first-order valence-corrected chi connectivity index (χ1v) is 5.96. The summed E-state index contributed by atoms with van der Waals surface area (Å²) in [4.78, 5) is 12.0. The zero-order valence-corrected chi connectivity index (χ0v) is 11.3. The summed E-state index contributed by atoms with van der Waals surface area (Å²) in [5.41, 5.74) is 2.72. The Balaban J connectivity index is 2.99. The van der Waals surface area contributed by atoms with E-state index >= 15 is 0 Å². The van der Waals surface area contributed by atoms with Gasteiger partial charge < -0.3 is 10.1 Å². The predicted molar refractivity (Wildman–Crippen MR) is 69.7 cm³/mol. The molecule has 3 heteroatoms. The highest BCUT2D eigenvalue weighted by atomic mass is 16.5. The topological polar surface area (TPSA) is 38.3 Å². The van der Waals surface area contributed by atoms with Crippen molar-refractivity contribution in [3.8, 4) is 5.75 Å². The molecule has 3 nitrogen and oxygen atoms in total. The van der Waals surface area contributed by atoms with Crippen LogP contribution in [0.3, 0.4) is 0 Å². The maximum Gasteiger partial charge on any atom is 0.251 e. The molecule has 1 aromatic rings. The molecule has 1 unspecified atom stereocenters. The zero-order valence-electron chi connectivity index (χ0n) is 11.3. The zero-order chi connectivity index (χ0) is 13.0. The van der Waals surface area contributed by atoms with Gasteiger partial charge in [-0.05, 0) is 50.5 Å². The van der Waals surface area contributed by atoms with Gasteiger partial charge in [0.25, 0.3) is 5.91 Å².